The predicted molar refractivity (Wildman–Crippen MR) is 101 cm³/mol. The van der Waals surface area contributed by atoms with Crippen LogP contribution < -0.4 is 0 Å². The molecule has 0 aliphatic rings. The lowest BCUT2D eigenvalue weighted by atomic mass is 9.98. The van der Waals surface area contributed by atoms with Crippen LogP contribution in [0.4, 0.5) is 5.69 Å². The third kappa shape index (κ3) is 4.02. The van der Waals surface area contributed by atoms with Gasteiger partial charge in [0.2, 0.25) is 0 Å². The first-order valence-electron chi connectivity index (χ1n) is 8.26. The zero-order valence-electron chi connectivity index (χ0n) is 14.6. The summed E-state index contributed by atoms with van der Waals surface area (Å²) in [6.45, 7) is 1.63. The van der Waals surface area contributed by atoms with Crippen LogP contribution in [0.15, 0.2) is 65.1 Å². The lowest BCUT2D eigenvalue weighted by Crippen LogP contribution is -2.05. The van der Waals surface area contributed by atoms with Crippen LogP contribution in [0.3, 0.4) is 0 Å². The second-order valence-corrected chi connectivity index (χ2v) is 5.98. The lowest BCUT2D eigenvalue weighted by Gasteiger charge is -2.05. The predicted octanol–water partition coefficient (Wildman–Crippen LogP) is 4.47. The molecular formula is C21H17NO5. The standard InChI is InChI=1S/C21H17NO5/c1-14(20-10-8-17(13-23)27-20)11-15-7-9-19(22(25)26)18(12-15)21(24)16-5-3-2-4-6-16/h2-12,23H,13H2,1H3. The number of furan rings is 1. The van der Waals surface area contributed by atoms with Gasteiger partial charge in [-0.25, -0.2) is 0 Å². The average Bonchev–Trinajstić information content (AvgIpc) is 3.17. The Balaban J connectivity index is 2.02. The molecule has 0 aliphatic carbocycles. The van der Waals surface area contributed by atoms with Gasteiger partial charge in [0.15, 0.2) is 5.78 Å². The van der Waals surface area contributed by atoms with E-state index in [0.29, 0.717) is 22.6 Å². The molecule has 0 unspecified atom stereocenters. The molecule has 0 amide bonds. The second kappa shape index (κ2) is 7.80. The van der Waals surface area contributed by atoms with Gasteiger partial charge in [-0.3, -0.25) is 14.9 Å². The maximum absolute atomic E-state index is 12.8. The molecule has 0 saturated carbocycles. The number of ketones is 1. The van der Waals surface area contributed by atoms with E-state index in [4.69, 9.17) is 9.52 Å². The molecule has 6 nitrogen and oxygen atoms in total. The number of benzene rings is 2. The molecule has 27 heavy (non-hydrogen) atoms. The van der Waals surface area contributed by atoms with Crippen LogP contribution in [0.1, 0.15) is 39.9 Å². The summed E-state index contributed by atoms with van der Waals surface area (Å²) < 4.78 is 5.48. The van der Waals surface area contributed by atoms with E-state index in [0.717, 1.165) is 5.57 Å². The van der Waals surface area contributed by atoms with Crippen LogP contribution in [-0.4, -0.2) is 15.8 Å². The van der Waals surface area contributed by atoms with Gasteiger partial charge in [-0.1, -0.05) is 30.3 Å². The first-order valence-corrected chi connectivity index (χ1v) is 8.26. The molecule has 0 spiro atoms. The van der Waals surface area contributed by atoms with Crippen molar-refractivity contribution >= 4 is 23.1 Å². The highest BCUT2D eigenvalue weighted by atomic mass is 16.6. The van der Waals surface area contributed by atoms with E-state index in [2.05, 4.69) is 0 Å². The Morgan fingerprint density at radius 1 is 1.15 bits per heavy atom. The minimum absolute atomic E-state index is 0.0308. The summed E-state index contributed by atoms with van der Waals surface area (Å²) >= 11 is 0. The van der Waals surface area contributed by atoms with E-state index in [-0.39, 0.29) is 17.9 Å². The first-order chi connectivity index (χ1) is 13.0. The van der Waals surface area contributed by atoms with Crippen LogP contribution in [-0.2, 0) is 6.61 Å². The normalized spacial score (nSPS) is 11.4. The van der Waals surface area contributed by atoms with Crippen molar-refractivity contribution in [2.75, 3.05) is 0 Å². The monoisotopic (exact) mass is 363 g/mol. The number of aliphatic hydroxyl groups is 1. The van der Waals surface area contributed by atoms with Gasteiger partial charge in [0.25, 0.3) is 5.69 Å². The SMILES string of the molecule is CC(=Cc1ccc([N+](=O)[O-])c(C(=O)c2ccccc2)c1)c1ccc(CO)o1. The van der Waals surface area contributed by atoms with E-state index in [1.165, 1.54) is 12.1 Å². The van der Waals surface area contributed by atoms with Gasteiger partial charge in [0, 0.05) is 11.6 Å². The van der Waals surface area contributed by atoms with Crippen LogP contribution in [0.25, 0.3) is 11.6 Å². The molecule has 6 heteroatoms. The van der Waals surface area contributed by atoms with Crippen LogP contribution >= 0.6 is 0 Å². The molecule has 0 fully saturated rings. The van der Waals surface area contributed by atoms with Crippen LogP contribution in [0, 0.1) is 10.1 Å². The molecule has 1 N–H and O–H groups in total. The van der Waals surface area contributed by atoms with Gasteiger partial charge < -0.3 is 9.52 Å². The van der Waals surface area contributed by atoms with Gasteiger partial charge in [-0.2, -0.15) is 0 Å². The first kappa shape index (κ1) is 18.3. The molecule has 1 heterocycles. The Morgan fingerprint density at radius 2 is 1.89 bits per heavy atom. The third-order valence-corrected chi connectivity index (χ3v) is 4.09. The fourth-order valence-corrected chi connectivity index (χ4v) is 2.73. The van der Waals surface area contributed by atoms with Gasteiger partial charge >= 0.3 is 0 Å². The fraction of sp³-hybridized carbons (Fsp3) is 0.0952. The highest BCUT2D eigenvalue weighted by molar-refractivity contribution is 6.11. The number of hydrogen-bond acceptors (Lipinski definition) is 5. The smallest absolute Gasteiger partial charge is 0.280 e. The Labute approximate surface area is 155 Å². The molecule has 2 aromatic carbocycles. The molecule has 3 aromatic rings. The number of hydrogen-bond donors (Lipinski definition) is 1. The highest BCUT2D eigenvalue weighted by Crippen LogP contribution is 2.26. The Kier molecular flexibility index (Phi) is 5.28. The molecular weight excluding hydrogens is 346 g/mol. The van der Waals surface area contributed by atoms with Gasteiger partial charge in [0.1, 0.15) is 23.7 Å². The van der Waals surface area contributed by atoms with Crippen molar-refractivity contribution < 1.29 is 19.2 Å². The van der Waals surface area contributed by atoms with Crippen LogP contribution in [0.2, 0.25) is 0 Å². The minimum atomic E-state index is -0.559. The maximum Gasteiger partial charge on any atom is 0.280 e. The van der Waals surface area contributed by atoms with Crippen molar-refractivity contribution in [2.24, 2.45) is 0 Å². The summed E-state index contributed by atoms with van der Waals surface area (Å²) in [6.07, 6.45) is 1.77. The summed E-state index contributed by atoms with van der Waals surface area (Å²) in [5.74, 6) is 0.616. The number of allylic oxidation sites excluding steroid dienone is 1. The van der Waals surface area contributed by atoms with Crippen LogP contribution in [0.5, 0.6) is 0 Å². The minimum Gasteiger partial charge on any atom is -0.459 e. The Hall–Kier alpha value is -3.51. The number of nitro benzene ring substituents is 1. The summed E-state index contributed by atoms with van der Waals surface area (Å²) in [4.78, 5) is 23.5. The fourth-order valence-electron chi connectivity index (χ4n) is 2.73. The average molecular weight is 363 g/mol. The third-order valence-electron chi connectivity index (χ3n) is 4.09. The Bertz CT molecular complexity index is 1020. The number of rotatable bonds is 6. The number of aliphatic hydroxyl groups excluding tert-OH is 1. The zero-order valence-corrected chi connectivity index (χ0v) is 14.6. The summed E-state index contributed by atoms with van der Waals surface area (Å²) in [5, 5.41) is 20.4. The number of carbonyl (C=O) groups is 1. The van der Waals surface area contributed by atoms with Crippen molar-refractivity contribution in [1.29, 1.82) is 0 Å². The summed E-state index contributed by atoms with van der Waals surface area (Å²) in [6, 6.07) is 16.3. The summed E-state index contributed by atoms with van der Waals surface area (Å²) in [7, 11) is 0. The topological polar surface area (TPSA) is 93.6 Å². The molecule has 136 valence electrons. The lowest BCUT2D eigenvalue weighted by molar-refractivity contribution is -0.385. The van der Waals surface area contributed by atoms with E-state index in [1.54, 1.807) is 54.6 Å². The quantitative estimate of drug-likeness (QED) is 0.396. The molecule has 0 saturated heterocycles. The summed E-state index contributed by atoms with van der Waals surface area (Å²) in [5.41, 5.74) is 1.58. The van der Waals surface area contributed by atoms with Crippen molar-refractivity contribution in [3.63, 3.8) is 0 Å². The largest absolute Gasteiger partial charge is 0.459 e. The van der Waals surface area contributed by atoms with Gasteiger partial charge in [-0.15, -0.1) is 0 Å². The molecule has 1 aromatic heterocycles. The second-order valence-electron chi connectivity index (χ2n) is 5.98. The van der Waals surface area contributed by atoms with E-state index < -0.39 is 10.7 Å². The molecule has 3 rings (SSSR count). The van der Waals surface area contributed by atoms with Crippen molar-refractivity contribution in [3.05, 3.63) is 99.0 Å². The molecule has 0 radical (unpaired) electrons. The van der Waals surface area contributed by atoms with Gasteiger partial charge in [-0.05, 0) is 48.4 Å². The van der Waals surface area contributed by atoms with Gasteiger partial charge in [0.05, 0.1) is 4.92 Å². The number of nitro groups is 1. The van der Waals surface area contributed by atoms with E-state index >= 15 is 0 Å². The number of carbonyl (C=O) groups excluding carboxylic acids is 1. The van der Waals surface area contributed by atoms with Crippen molar-refractivity contribution in [2.45, 2.75) is 13.5 Å². The maximum atomic E-state index is 12.8. The molecule has 0 atom stereocenters. The van der Waals surface area contributed by atoms with E-state index in [9.17, 15) is 14.9 Å². The molecule has 0 bridgehead atoms. The van der Waals surface area contributed by atoms with Crippen molar-refractivity contribution in [1.82, 2.24) is 0 Å². The highest BCUT2D eigenvalue weighted by Gasteiger charge is 2.21. The van der Waals surface area contributed by atoms with E-state index in [1.807, 2.05) is 6.92 Å². The molecule has 0 aliphatic heterocycles. The number of nitrogens with zero attached hydrogens (tertiary/aromatic N) is 1. The zero-order chi connectivity index (χ0) is 19.4. The Morgan fingerprint density at radius 3 is 2.52 bits per heavy atom. The van der Waals surface area contributed by atoms with Crippen molar-refractivity contribution in [3.8, 4) is 0 Å².